The molecule has 3 N–H and O–H groups in total. The summed E-state index contributed by atoms with van der Waals surface area (Å²) in [5.74, 6) is -0.626. The SMILES string of the molecule is CCCCCCCCC(CCCNCCCN)C(OCC)(OCC)OCC. The largest absolute Gasteiger partial charge is 0.330 e. The highest BCUT2D eigenvalue weighted by Gasteiger charge is 2.41. The van der Waals surface area contributed by atoms with E-state index in [9.17, 15) is 0 Å². The van der Waals surface area contributed by atoms with Crippen molar-refractivity contribution in [1.82, 2.24) is 5.32 Å². The van der Waals surface area contributed by atoms with E-state index in [4.69, 9.17) is 19.9 Å². The third kappa shape index (κ3) is 12.8. The van der Waals surface area contributed by atoms with Gasteiger partial charge in [0, 0.05) is 25.7 Å². The van der Waals surface area contributed by atoms with Crippen molar-refractivity contribution in [2.45, 2.75) is 97.9 Å². The van der Waals surface area contributed by atoms with Gasteiger partial charge in [-0.25, -0.2) is 0 Å². The van der Waals surface area contributed by atoms with E-state index in [-0.39, 0.29) is 5.92 Å². The zero-order chi connectivity index (χ0) is 20.2. The number of hydrogen-bond acceptors (Lipinski definition) is 5. The first-order chi connectivity index (χ1) is 13.2. The van der Waals surface area contributed by atoms with Crippen molar-refractivity contribution in [3.63, 3.8) is 0 Å². The summed E-state index contributed by atoms with van der Waals surface area (Å²) in [7, 11) is 0. The monoisotopic (exact) mass is 388 g/mol. The van der Waals surface area contributed by atoms with Gasteiger partial charge >= 0.3 is 0 Å². The first-order valence-corrected chi connectivity index (χ1v) is 11.5. The van der Waals surface area contributed by atoms with E-state index in [1.807, 2.05) is 20.8 Å². The average Bonchev–Trinajstić information content (AvgIpc) is 2.66. The predicted molar refractivity (Wildman–Crippen MR) is 115 cm³/mol. The summed E-state index contributed by atoms with van der Waals surface area (Å²) in [5.41, 5.74) is 5.56. The van der Waals surface area contributed by atoms with Gasteiger partial charge in [-0.05, 0) is 66.1 Å². The summed E-state index contributed by atoms with van der Waals surface area (Å²) < 4.78 is 18.2. The maximum absolute atomic E-state index is 6.08. The summed E-state index contributed by atoms with van der Waals surface area (Å²) in [6, 6.07) is 0. The maximum atomic E-state index is 6.08. The Labute approximate surface area is 169 Å². The molecule has 0 aliphatic heterocycles. The quantitative estimate of drug-likeness (QED) is 0.218. The van der Waals surface area contributed by atoms with E-state index in [1.54, 1.807) is 0 Å². The van der Waals surface area contributed by atoms with Crippen LogP contribution in [0.2, 0.25) is 0 Å². The molecule has 0 aliphatic carbocycles. The molecule has 1 atom stereocenters. The molecule has 1 unspecified atom stereocenters. The first kappa shape index (κ1) is 26.8. The van der Waals surface area contributed by atoms with Crippen LogP contribution in [0.25, 0.3) is 0 Å². The Balaban J connectivity index is 4.71. The standard InChI is InChI=1S/C22H48N2O3/c1-5-9-10-11-12-13-16-21(17-14-19-24-20-15-18-23)22(25-6-2,26-7-3)27-8-4/h21,24H,5-20,23H2,1-4H3. The average molecular weight is 389 g/mol. The summed E-state index contributed by atoms with van der Waals surface area (Å²) >= 11 is 0. The van der Waals surface area contributed by atoms with E-state index in [1.165, 1.54) is 38.5 Å². The fourth-order valence-electron chi connectivity index (χ4n) is 3.58. The van der Waals surface area contributed by atoms with Gasteiger partial charge in [0.15, 0.2) is 0 Å². The zero-order valence-corrected chi connectivity index (χ0v) is 18.7. The molecule has 0 heterocycles. The Morgan fingerprint density at radius 1 is 0.704 bits per heavy atom. The minimum absolute atomic E-state index is 0.264. The van der Waals surface area contributed by atoms with Crippen LogP contribution in [0.3, 0.4) is 0 Å². The molecule has 5 nitrogen and oxygen atoms in total. The lowest BCUT2D eigenvalue weighted by Gasteiger charge is -2.39. The van der Waals surface area contributed by atoms with Crippen molar-refractivity contribution in [2.75, 3.05) is 39.5 Å². The van der Waals surface area contributed by atoms with Gasteiger partial charge in [0.05, 0.1) is 0 Å². The first-order valence-electron chi connectivity index (χ1n) is 11.5. The number of hydrogen-bond donors (Lipinski definition) is 2. The molecule has 0 saturated carbocycles. The third-order valence-corrected chi connectivity index (χ3v) is 4.91. The number of rotatable bonds is 21. The smallest absolute Gasteiger partial charge is 0.285 e. The van der Waals surface area contributed by atoms with Crippen molar-refractivity contribution < 1.29 is 14.2 Å². The van der Waals surface area contributed by atoms with Crippen LogP contribution in [0.5, 0.6) is 0 Å². The van der Waals surface area contributed by atoms with E-state index >= 15 is 0 Å². The molecular formula is C22H48N2O3. The zero-order valence-electron chi connectivity index (χ0n) is 18.7. The molecule has 0 fully saturated rings. The Kier molecular flexibility index (Phi) is 19.0. The lowest BCUT2D eigenvalue weighted by molar-refractivity contribution is -0.403. The number of ether oxygens (including phenoxy) is 3. The molecule has 0 spiro atoms. The van der Waals surface area contributed by atoms with Gasteiger partial charge in [-0.15, -0.1) is 0 Å². The Morgan fingerprint density at radius 3 is 1.78 bits per heavy atom. The second-order valence-electron chi connectivity index (χ2n) is 7.19. The van der Waals surface area contributed by atoms with Crippen LogP contribution in [0, 0.1) is 5.92 Å². The molecule has 0 saturated heterocycles. The Bertz CT molecular complexity index is 270. The predicted octanol–water partition coefficient (Wildman–Crippen LogP) is 4.84. The van der Waals surface area contributed by atoms with Gasteiger partial charge in [-0.3, -0.25) is 0 Å². The van der Waals surface area contributed by atoms with Crippen LogP contribution in [-0.2, 0) is 14.2 Å². The van der Waals surface area contributed by atoms with E-state index in [2.05, 4.69) is 12.2 Å². The topological polar surface area (TPSA) is 65.7 Å². The molecule has 0 rings (SSSR count). The van der Waals surface area contributed by atoms with Crippen LogP contribution in [0.4, 0.5) is 0 Å². The fraction of sp³-hybridized carbons (Fsp3) is 1.00. The van der Waals surface area contributed by atoms with Gasteiger partial charge in [0.2, 0.25) is 0 Å². The molecule has 0 aromatic rings. The normalized spacial score (nSPS) is 13.2. The van der Waals surface area contributed by atoms with Crippen molar-refractivity contribution in [3.8, 4) is 0 Å². The van der Waals surface area contributed by atoms with Crippen LogP contribution < -0.4 is 11.1 Å². The van der Waals surface area contributed by atoms with Crippen molar-refractivity contribution in [3.05, 3.63) is 0 Å². The molecule has 0 amide bonds. The number of nitrogens with one attached hydrogen (secondary N) is 1. The minimum atomic E-state index is -0.890. The highest BCUT2D eigenvalue weighted by Crippen LogP contribution is 2.34. The Hall–Kier alpha value is -0.200. The minimum Gasteiger partial charge on any atom is -0.330 e. The van der Waals surface area contributed by atoms with Crippen molar-refractivity contribution in [1.29, 1.82) is 0 Å². The summed E-state index contributed by atoms with van der Waals surface area (Å²) in [6.45, 7) is 12.9. The van der Waals surface area contributed by atoms with Crippen LogP contribution >= 0.6 is 0 Å². The second kappa shape index (κ2) is 19.1. The number of nitrogens with two attached hydrogens (primary N) is 1. The molecule has 0 aliphatic rings. The number of unbranched alkanes of at least 4 members (excludes halogenated alkanes) is 5. The lowest BCUT2D eigenvalue weighted by atomic mass is 9.92. The van der Waals surface area contributed by atoms with Crippen LogP contribution in [0.15, 0.2) is 0 Å². The van der Waals surface area contributed by atoms with Gasteiger partial charge in [-0.2, -0.15) is 0 Å². The van der Waals surface area contributed by atoms with E-state index in [0.717, 1.165) is 45.3 Å². The third-order valence-electron chi connectivity index (χ3n) is 4.91. The summed E-state index contributed by atoms with van der Waals surface area (Å²) in [6.07, 6.45) is 12.1. The maximum Gasteiger partial charge on any atom is 0.285 e. The molecule has 5 heteroatoms. The second-order valence-corrected chi connectivity index (χ2v) is 7.19. The highest BCUT2D eigenvalue weighted by molar-refractivity contribution is 4.73. The molecule has 164 valence electrons. The lowest BCUT2D eigenvalue weighted by Crippen LogP contribution is -2.47. The molecule has 0 aromatic carbocycles. The molecular weight excluding hydrogens is 340 g/mol. The van der Waals surface area contributed by atoms with E-state index in [0.29, 0.717) is 19.8 Å². The van der Waals surface area contributed by atoms with Gasteiger partial charge in [0.1, 0.15) is 0 Å². The van der Waals surface area contributed by atoms with Gasteiger partial charge < -0.3 is 25.3 Å². The fourth-order valence-corrected chi connectivity index (χ4v) is 3.58. The summed E-state index contributed by atoms with van der Waals surface area (Å²) in [4.78, 5) is 0. The van der Waals surface area contributed by atoms with Crippen LogP contribution in [-0.4, -0.2) is 45.4 Å². The van der Waals surface area contributed by atoms with E-state index < -0.39 is 5.97 Å². The Morgan fingerprint density at radius 2 is 1.22 bits per heavy atom. The molecule has 0 bridgehead atoms. The molecule has 0 radical (unpaired) electrons. The summed E-state index contributed by atoms with van der Waals surface area (Å²) in [5, 5.41) is 3.48. The van der Waals surface area contributed by atoms with Gasteiger partial charge in [-0.1, -0.05) is 45.4 Å². The highest BCUT2D eigenvalue weighted by atomic mass is 16.9. The van der Waals surface area contributed by atoms with Crippen LogP contribution in [0.1, 0.15) is 91.9 Å². The van der Waals surface area contributed by atoms with Crippen molar-refractivity contribution >= 4 is 0 Å². The molecule has 0 aromatic heterocycles. The molecule has 27 heavy (non-hydrogen) atoms. The van der Waals surface area contributed by atoms with Gasteiger partial charge in [0.25, 0.3) is 5.97 Å². The van der Waals surface area contributed by atoms with Crippen molar-refractivity contribution in [2.24, 2.45) is 11.7 Å².